The Balaban J connectivity index is 2.12. The van der Waals surface area contributed by atoms with E-state index in [0.29, 0.717) is 10.6 Å². The molecule has 0 saturated carbocycles. The third-order valence-electron chi connectivity index (χ3n) is 2.11. The van der Waals surface area contributed by atoms with Crippen LogP contribution < -0.4 is 5.43 Å². The summed E-state index contributed by atoms with van der Waals surface area (Å²) in [5.41, 5.74) is 2.59. The molecule has 1 aromatic carbocycles. The molecule has 1 aliphatic heterocycles. The van der Waals surface area contributed by atoms with E-state index in [0.717, 1.165) is 16.6 Å². The number of amides is 3. The number of halogens is 1. The van der Waals surface area contributed by atoms with Crippen LogP contribution in [0.4, 0.5) is 0 Å². The Morgan fingerprint density at radius 3 is 2.41 bits per heavy atom. The minimum absolute atomic E-state index is 0.354. The number of hydrogen-bond donors (Lipinski definition) is 1. The Hall–Kier alpha value is -1.95. The van der Waals surface area contributed by atoms with Crippen LogP contribution in [0.3, 0.4) is 0 Å². The lowest BCUT2D eigenvalue weighted by Gasteiger charge is -2.14. The first-order valence-corrected chi connectivity index (χ1v) is 5.50. The van der Waals surface area contributed by atoms with Gasteiger partial charge in [-0.3, -0.25) is 19.8 Å². The van der Waals surface area contributed by atoms with Gasteiger partial charge in [0.05, 0.1) is 0 Å². The molecular formula is C11H7BrN2O3. The van der Waals surface area contributed by atoms with Crippen molar-refractivity contribution in [1.82, 2.24) is 10.4 Å². The van der Waals surface area contributed by atoms with Crippen LogP contribution in [0, 0.1) is 0 Å². The van der Waals surface area contributed by atoms with Gasteiger partial charge in [0.1, 0.15) is 0 Å². The van der Waals surface area contributed by atoms with Gasteiger partial charge in [-0.05, 0) is 18.2 Å². The van der Waals surface area contributed by atoms with Gasteiger partial charge in [-0.25, -0.2) is 0 Å². The van der Waals surface area contributed by atoms with Gasteiger partial charge in [0.15, 0.2) is 0 Å². The Kier molecular flexibility index (Phi) is 3.06. The molecule has 0 bridgehead atoms. The number of hydrogen-bond acceptors (Lipinski definition) is 3. The number of benzene rings is 1. The summed E-state index contributed by atoms with van der Waals surface area (Å²) in [6.07, 6.45) is 2.20. The first-order valence-electron chi connectivity index (χ1n) is 4.70. The summed E-state index contributed by atoms with van der Waals surface area (Å²) >= 11 is 3.23. The van der Waals surface area contributed by atoms with E-state index in [1.54, 1.807) is 24.3 Å². The monoisotopic (exact) mass is 294 g/mol. The molecule has 5 nitrogen and oxygen atoms in total. The van der Waals surface area contributed by atoms with E-state index in [1.807, 2.05) is 0 Å². The molecule has 0 fully saturated rings. The Morgan fingerprint density at radius 2 is 1.82 bits per heavy atom. The fraction of sp³-hybridized carbons (Fsp3) is 0. The summed E-state index contributed by atoms with van der Waals surface area (Å²) in [6, 6.07) is 6.63. The fourth-order valence-electron chi connectivity index (χ4n) is 1.31. The van der Waals surface area contributed by atoms with Crippen LogP contribution in [-0.4, -0.2) is 22.7 Å². The van der Waals surface area contributed by atoms with Crippen molar-refractivity contribution in [3.8, 4) is 0 Å². The predicted octanol–water partition coefficient (Wildman–Crippen LogP) is 1.02. The van der Waals surface area contributed by atoms with Crippen molar-refractivity contribution >= 4 is 33.7 Å². The maximum atomic E-state index is 11.7. The molecule has 0 radical (unpaired) electrons. The predicted molar refractivity (Wildman–Crippen MR) is 62.6 cm³/mol. The highest BCUT2D eigenvalue weighted by Gasteiger charge is 2.25. The molecule has 1 N–H and O–H groups in total. The van der Waals surface area contributed by atoms with E-state index in [9.17, 15) is 14.4 Å². The van der Waals surface area contributed by atoms with Gasteiger partial charge in [0.25, 0.3) is 17.7 Å². The van der Waals surface area contributed by atoms with Crippen LogP contribution in [0.15, 0.2) is 40.9 Å². The number of imide groups is 1. The van der Waals surface area contributed by atoms with Crippen LogP contribution in [0.5, 0.6) is 0 Å². The van der Waals surface area contributed by atoms with Gasteiger partial charge in [0.2, 0.25) is 0 Å². The highest BCUT2D eigenvalue weighted by molar-refractivity contribution is 9.10. The number of nitrogens with zero attached hydrogens (tertiary/aromatic N) is 1. The quantitative estimate of drug-likeness (QED) is 0.828. The van der Waals surface area contributed by atoms with Crippen molar-refractivity contribution in [2.75, 3.05) is 0 Å². The van der Waals surface area contributed by atoms with Crippen molar-refractivity contribution < 1.29 is 14.4 Å². The van der Waals surface area contributed by atoms with Crippen molar-refractivity contribution in [2.24, 2.45) is 0 Å². The molecule has 0 spiro atoms. The lowest BCUT2D eigenvalue weighted by molar-refractivity contribution is -0.139. The molecule has 1 aromatic rings. The van der Waals surface area contributed by atoms with Gasteiger partial charge in [0, 0.05) is 22.2 Å². The molecule has 1 aliphatic rings. The van der Waals surface area contributed by atoms with Gasteiger partial charge >= 0.3 is 0 Å². The summed E-state index contributed by atoms with van der Waals surface area (Å²) in [6.45, 7) is 0. The van der Waals surface area contributed by atoms with E-state index < -0.39 is 17.7 Å². The number of nitrogens with one attached hydrogen (secondary N) is 1. The van der Waals surface area contributed by atoms with Crippen molar-refractivity contribution in [1.29, 1.82) is 0 Å². The van der Waals surface area contributed by atoms with E-state index >= 15 is 0 Å². The topological polar surface area (TPSA) is 66.5 Å². The van der Waals surface area contributed by atoms with E-state index in [2.05, 4.69) is 21.4 Å². The van der Waals surface area contributed by atoms with Crippen molar-refractivity contribution in [2.45, 2.75) is 0 Å². The molecule has 86 valence electrons. The lowest BCUT2D eigenvalue weighted by atomic mass is 10.2. The molecule has 6 heteroatoms. The molecule has 17 heavy (non-hydrogen) atoms. The second kappa shape index (κ2) is 4.50. The number of rotatable bonds is 2. The molecule has 3 amide bonds. The lowest BCUT2D eigenvalue weighted by Crippen LogP contribution is -2.45. The van der Waals surface area contributed by atoms with Gasteiger partial charge in [-0.1, -0.05) is 22.0 Å². The summed E-state index contributed by atoms with van der Waals surface area (Å²) in [7, 11) is 0. The van der Waals surface area contributed by atoms with E-state index in [4.69, 9.17) is 0 Å². The zero-order valence-corrected chi connectivity index (χ0v) is 10.1. The van der Waals surface area contributed by atoms with E-state index in [1.165, 1.54) is 0 Å². The zero-order chi connectivity index (χ0) is 12.4. The molecule has 1 heterocycles. The number of carbonyl (C=O) groups excluding carboxylic acids is 3. The first-order chi connectivity index (χ1) is 8.08. The fourth-order valence-corrected chi connectivity index (χ4v) is 1.71. The number of carbonyl (C=O) groups is 3. The minimum atomic E-state index is -0.557. The average Bonchev–Trinajstić information content (AvgIpc) is 2.61. The van der Waals surface area contributed by atoms with Crippen LogP contribution in [0.1, 0.15) is 10.4 Å². The molecule has 0 saturated heterocycles. The van der Waals surface area contributed by atoms with Gasteiger partial charge < -0.3 is 0 Å². The smallest absolute Gasteiger partial charge is 0.267 e. The largest absolute Gasteiger partial charge is 0.272 e. The average molecular weight is 295 g/mol. The van der Waals surface area contributed by atoms with E-state index in [-0.39, 0.29) is 0 Å². The molecule has 0 aromatic heterocycles. The molecule has 0 atom stereocenters. The molecule has 2 rings (SSSR count). The Labute approximate surface area is 105 Å². The third-order valence-corrected chi connectivity index (χ3v) is 2.60. The Morgan fingerprint density at radius 1 is 1.18 bits per heavy atom. The number of hydrazine groups is 1. The summed E-state index contributed by atoms with van der Waals surface area (Å²) in [4.78, 5) is 34.2. The molecule has 0 unspecified atom stereocenters. The summed E-state index contributed by atoms with van der Waals surface area (Å²) in [5.74, 6) is -1.63. The maximum absolute atomic E-state index is 11.7. The zero-order valence-electron chi connectivity index (χ0n) is 8.51. The molecule has 0 aliphatic carbocycles. The van der Waals surface area contributed by atoms with Crippen LogP contribution >= 0.6 is 15.9 Å². The van der Waals surface area contributed by atoms with Crippen molar-refractivity contribution in [3.63, 3.8) is 0 Å². The normalized spacial score (nSPS) is 14.3. The van der Waals surface area contributed by atoms with Crippen molar-refractivity contribution in [3.05, 3.63) is 46.5 Å². The van der Waals surface area contributed by atoms with Crippen LogP contribution in [-0.2, 0) is 9.59 Å². The van der Waals surface area contributed by atoms with Crippen LogP contribution in [0.25, 0.3) is 0 Å². The standard InChI is InChI=1S/C11H7BrN2O3/c12-8-3-1-2-7(6-8)11(17)13-14-9(15)4-5-10(14)16/h1-6H,(H,13,17). The highest BCUT2D eigenvalue weighted by Crippen LogP contribution is 2.12. The first kappa shape index (κ1) is 11.5. The van der Waals surface area contributed by atoms with Gasteiger partial charge in [-0.2, -0.15) is 5.01 Å². The Bertz CT molecular complexity index is 521. The third kappa shape index (κ3) is 2.42. The SMILES string of the molecule is O=C(NN1C(=O)C=CC1=O)c1cccc(Br)c1. The highest BCUT2D eigenvalue weighted by atomic mass is 79.9. The summed E-state index contributed by atoms with van der Waals surface area (Å²) < 4.78 is 0.738. The second-order valence-corrected chi connectivity index (χ2v) is 4.21. The maximum Gasteiger partial charge on any atom is 0.272 e. The summed E-state index contributed by atoms with van der Waals surface area (Å²) in [5, 5.41) is 0.670. The molecular weight excluding hydrogens is 288 g/mol. The van der Waals surface area contributed by atoms with Gasteiger partial charge in [-0.15, -0.1) is 0 Å². The minimum Gasteiger partial charge on any atom is -0.267 e. The second-order valence-electron chi connectivity index (χ2n) is 3.30. The van der Waals surface area contributed by atoms with Crippen LogP contribution in [0.2, 0.25) is 0 Å².